The van der Waals surface area contributed by atoms with Crippen molar-refractivity contribution in [1.29, 1.82) is 0 Å². The Hall–Kier alpha value is -3.42. The van der Waals surface area contributed by atoms with Crippen molar-refractivity contribution >= 4 is 11.7 Å². The van der Waals surface area contributed by atoms with Crippen LogP contribution in [0.25, 0.3) is 11.5 Å². The van der Waals surface area contributed by atoms with Gasteiger partial charge >= 0.3 is 6.03 Å². The minimum Gasteiger partial charge on any atom is -0.489 e. The van der Waals surface area contributed by atoms with Gasteiger partial charge in [0.1, 0.15) is 11.9 Å². The molecule has 1 N–H and O–H groups in total. The maximum absolute atomic E-state index is 12.5. The molecule has 0 bridgehead atoms. The highest BCUT2D eigenvalue weighted by Crippen LogP contribution is 2.21. The Bertz CT molecular complexity index is 919. The average molecular weight is 379 g/mol. The number of ether oxygens (including phenoxy) is 1. The van der Waals surface area contributed by atoms with Crippen LogP contribution in [-0.4, -0.2) is 45.2 Å². The monoisotopic (exact) mass is 379 g/mol. The number of anilines is 1. The summed E-state index contributed by atoms with van der Waals surface area (Å²) in [6.45, 7) is 3.07. The van der Waals surface area contributed by atoms with Crippen LogP contribution in [0, 0.1) is 6.92 Å². The number of likely N-dealkylation sites (tertiary alicyclic amines) is 1. The van der Waals surface area contributed by atoms with Gasteiger partial charge in [-0.3, -0.25) is 4.98 Å². The molecule has 2 amide bonds. The van der Waals surface area contributed by atoms with E-state index in [0.717, 1.165) is 29.8 Å². The lowest BCUT2D eigenvalue weighted by molar-refractivity contribution is 0.115. The fourth-order valence-electron chi connectivity index (χ4n) is 3.10. The zero-order chi connectivity index (χ0) is 19.3. The number of piperidine rings is 1. The number of aryl methyl sites for hydroxylation is 1. The number of pyridine rings is 1. The molecule has 8 nitrogen and oxygen atoms in total. The van der Waals surface area contributed by atoms with Crippen LogP contribution in [-0.2, 0) is 0 Å². The van der Waals surface area contributed by atoms with Crippen LogP contribution in [0.15, 0.2) is 53.3 Å². The van der Waals surface area contributed by atoms with Crippen molar-refractivity contribution in [1.82, 2.24) is 20.0 Å². The zero-order valence-electron chi connectivity index (χ0n) is 15.5. The van der Waals surface area contributed by atoms with E-state index < -0.39 is 0 Å². The summed E-state index contributed by atoms with van der Waals surface area (Å²) in [5.41, 5.74) is 1.53. The summed E-state index contributed by atoms with van der Waals surface area (Å²) in [4.78, 5) is 22.6. The summed E-state index contributed by atoms with van der Waals surface area (Å²) < 4.78 is 11.1. The predicted molar refractivity (Wildman–Crippen MR) is 103 cm³/mol. The first kappa shape index (κ1) is 18.0. The largest absolute Gasteiger partial charge is 0.489 e. The molecule has 0 spiro atoms. The number of benzene rings is 1. The van der Waals surface area contributed by atoms with Crippen LogP contribution in [0.2, 0.25) is 0 Å². The van der Waals surface area contributed by atoms with E-state index in [9.17, 15) is 4.79 Å². The van der Waals surface area contributed by atoms with E-state index >= 15 is 0 Å². The average Bonchev–Trinajstić information content (AvgIpc) is 3.16. The highest BCUT2D eigenvalue weighted by molar-refractivity contribution is 5.89. The van der Waals surface area contributed by atoms with Crippen LogP contribution in [0.5, 0.6) is 5.75 Å². The number of urea groups is 1. The van der Waals surface area contributed by atoms with Crippen LogP contribution in [0.1, 0.15) is 18.7 Å². The third-order valence-electron chi connectivity index (χ3n) is 4.58. The number of amides is 2. The first-order valence-corrected chi connectivity index (χ1v) is 9.21. The summed E-state index contributed by atoms with van der Waals surface area (Å²) in [6.07, 6.45) is 5.11. The predicted octanol–water partition coefficient (Wildman–Crippen LogP) is 3.52. The van der Waals surface area contributed by atoms with Crippen molar-refractivity contribution in [3.63, 3.8) is 0 Å². The lowest BCUT2D eigenvalue weighted by atomic mass is 10.1. The Morgan fingerprint density at radius 3 is 2.64 bits per heavy atom. The van der Waals surface area contributed by atoms with E-state index in [1.54, 1.807) is 24.2 Å². The molecule has 2 aromatic heterocycles. The molecule has 1 fully saturated rings. The second-order valence-corrected chi connectivity index (χ2v) is 6.65. The number of carbonyl (C=O) groups excluding carboxylic acids is 1. The molecule has 0 aliphatic carbocycles. The van der Waals surface area contributed by atoms with Gasteiger partial charge in [0.15, 0.2) is 5.82 Å². The molecule has 1 aliphatic heterocycles. The van der Waals surface area contributed by atoms with E-state index in [1.165, 1.54) is 0 Å². The molecule has 1 aromatic carbocycles. The summed E-state index contributed by atoms with van der Waals surface area (Å²) in [7, 11) is 0. The van der Waals surface area contributed by atoms with Crippen molar-refractivity contribution in [3.8, 4) is 17.2 Å². The Balaban J connectivity index is 1.28. The maximum atomic E-state index is 12.5. The molecule has 144 valence electrons. The van der Waals surface area contributed by atoms with E-state index in [4.69, 9.17) is 9.26 Å². The molecule has 1 saturated heterocycles. The molecule has 3 heterocycles. The number of rotatable bonds is 4. The van der Waals surface area contributed by atoms with Gasteiger partial charge in [-0.05, 0) is 43.3 Å². The first-order valence-electron chi connectivity index (χ1n) is 9.21. The van der Waals surface area contributed by atoms with Crippen molar-refractivity contribution < 1.29 is 14.1 Å². The Labute approximate surface area is 162 Å². The number of nitrogens with one attached hydrogen (secondary N) is 1. The molecule has 0 saturated carbocycles. The summed E-state index contributed by atoms with van der Waals surface area (Å²) in [5, 5.41) is 6.71. The van der Waals surface area contributed by atoms with Gasteiger partial charge in [0, 0.05) is 43.4 Å². The molecular formula is C20H21N5O3. The molecular weight excluding hydrogens is 358 g/mol. The number of nitrogens with zero attached hydrogens (tertiary/aromatic N) is 4. The van der Waals surface area contributed by atoms with Gasteiger partial charge in [-0.2, -0.15) is 4.98 Å². The van der Waals surface area contributed by atoms with Gasteiger partial charge in [-0.1, -0.05) is 5.16 Å². The minimum atomic E-state index is -0.110. The zero-order valence-corrected chi connectivity index (χ0v) is 15.5. The van der Waals surface area contributed by atoms with Gasteiger partial charge in [0.05, 0.1) is 6.20 Å². The Morgan fingerprint density at radius 2 is 2.00 bits per heavy atom. The quantitative estimate of drug-likeness (QED) is 0.745. The Kier molecular flexibility index (Phi) is 5.18. The number of aromatic nitrogens is 3. The summed E-state index contributed by atoms with van der Waals surface area (Å²) in [6, 6.07) is 11.0. The smallest absolute Gasteiger partial charge is 0.321 e. The number of hydrogen-bond donors (Lipinski definition) is 1. The van der Waals surface area contributed by atoms with Crippen LogP contribution in [0.3, 0.4) is 0 Å². The van der Waals surface area contributed by atoms with E-state index in [2.05, 4.69) is 20.4 Å². The van der Waals surface area contributed by atoms with Crippen molar-refractivity contribution in [2.45, 2.75) is 25.9 Å². The van der Waals surface area contributed by atoms with Crippen LogP contribution < -0.4 is 10.1 Å². The first-order chi connectivity index (χ1) is 13.7. The highest BCUT2D eigenvalue weighted by atomic mass is 16.5. The molecule has 0 atom stereocenters. The molecule has 1 aliphatic rings. The van der Waals surface area contributed by atoms with E-state index in [1.807, 2.05) is 36.4 Å². The second-order valence-electron chi connectivity index (χ2n) is 6.65. The molecule has 3 aromatic rings. The van der Waals surface area contributed by atoms with Crippen molar-refractivity contribution in [3.05, 3.63) is 54.6 Å². The highest BCUT2D eigenvalue weighted by Gasteiger charge is 2.24. The van der Waals surface area contributed by atoms with Gasteiger partial charge < -0.3 is 19.5 Å². The standard InChI is InChI=1S/C20H21N5O3/c1-14-22-19(28-24-14)15-4-6-16(7-5-15)23-20(26)25-11-8-17(9-12-25)27-18-3-2-10-21-13-18/h2-7,10,13,17H,8-9,11-12H2,1H3,(H,23,26). The number of carbonyl (C=O) groups is 1. The lowest BCUT2D eigenvalue weighted by Gasteiger charge is -2.32. The molecule has 0 unspecified atom stereocenters. The molecule has 0 radical (unpaired) electrons. The fourth-order valence-corrected chi connectivity index (χ4v) is 3.10. The Morgan fingerprint density at radius 1 is 1.21 bits per heavy atom. The maximum Gasteiger partial charge on any atom is 0.321 e. The van der Waals surface area contributed by atoms with E-state index in [-0.39, 0.29) is 12.1 Å². The summed E-state index contributed by atoms with van der Waals surface area (Å²) >= 11 is 0. The third kappa shape index (κ3) is 4.28. The van der Waals surface area contributed by atoms with Gasteiger partial charge in [0.2, 0.25) is 0 Å². The van der Waals surface area contributed by atoms with Gasteiger partial charge in [-0.15, -0.1) is 0 Å². The SMILES string of the molecule is Cc1noc(-c2ccc(NC(=O)N3CCC(Oc4cccnc4)CC3)cc2)n1. The third-order valence-corrected chi connectivity index (χ3v) is 4.58. The van der Waals surface area contributed by atoms with Gasteiger partial charge in [-0.25, -0.2) is 4.79 Å². The molecule has 4 rings (SSSR count). The lowest BCUT2D eigenvalue weighted by Crippen LogP contribution is -2.43. The topological polar surface area (TPSA) is 93.4 Å². The van der Waals surface area contributed by atoms with E-state index in [0.29, 0.717) is 24.8 Å². The minimum absolute atomic E-state index is 0.102. The molecule has 28 heavy (non-hydrogen) atoms. The van der Waals surface area contributed by atoms with Gasteiger partial charge in [0.25, 0.3) is 5.89 Å². The van der Waals surface area contributed by atoms with Crippen molar-refractivity contribution in [2.75, 3.05) is 18.4 Å². The normalized spacial score (nSPS) is 14.7. The van der Waals surface area contributed by atoms with Crippen LogP contribution in [0.4, 0.5) is 10.5 Å². The van der Waals surface area contributed by atoms with Crippen molar-refractivity contribution in [2.24, 2.45) is 0 Å². The fraction of sp³-hybridized carbons (Fsp3) is 0.300. The van der Waals surface area contributed by atoms with Crippen LogP contribution >= 0.6 is 0 Å². The summed E-state index contributed by atoms with van der Waals surface area (Å²) in [5.74, 6) is 1.82. The second kappa shape index (κ2) is 8.08. The number of hydrogen-bond acceptors (Lipinski definition) is 6. The molecule has 8 heteroatoms.